The minimum Gasteiger partial charge on any atom is -0.399 e. The first-order valence-corrected chi connectivity index (χ1v) is 35.9. The molecule has 3 aliphatic rings. The Morgan fingerprint density at radius 3 is 0.861 bits per heavy atom. The number of amides is 1. The molecule has 17 nitrogen and oxygen atoms in total. The van der Waals surface area contributed by atoms with E-state index >= 15 is 0 Å². The quantitative estimate of drug-likeness (QED) is 0.0247. The summed E-state index contributed by atoms with van der Waals surface area (Å²) in [5, 5.41) is 21.5. The van der Waals surface area contributed by atoms with Crippen LogP contribution >= 0.6 is 0 Å². The monoisotopic (exact) mass is 1360 g/mol. The summed E-state index contributed by atoms with van der Waals surface area (Å²) >= 11 is 0. The second kappa shape index (κ2) is 40.8. The summed E-state index contributed by atoms with van der Waals surface area (Å²) in [4.78, 5) is 47.8. The predicted molar refractivity (Wildman–Crippen MR) is 403 cm³/mol. The third kappa shape index (κ3) is 24.8. The SMILES string of the molecule is Nc1ccc(CCCN2CCN(CCOC(c3ccccc3)c3ccccc3)CC2)cc1.O=C(CCc1ccc([N+](=O)[O-])cc1)N1CCN(CCOC(c2ccccc2)c2ccccc2)CC1.O=[N+]([O-])c1ccc(CCCN2CCN(CCOC(c3ccccc3)c3ccccc3)CC2)cc1. The number of non-ortho nitro benzene ring substituents is 2. The number of nitrogen functional groups attached to an aromatic ring is 1. The molecule has 3 fully saturated rings. The first-order chi connectivity index (χ1) is 49.6. The molecule has 0 unspecified atom stereocenters. The van der Waals surface area contributed by atoms with Crippen LogP contribution in [0.25, 0.3) is 0 Å². The zero-order valence-electron chi connectivity index (χ0n) is 58.3. The molecule has 0 bridgehead atoms. The number of nitro benzene ring substituents is 2. The van der Waals surface area contributed by atoms with E-state index in [4.69, 9.17) is 19.9 Å². The number of benzene rings is 9. The molecule has 3 saturated heterocycles. The Morgan fingerprint density at radius 2 is 0.584 bits per heavy atom. The van der Waals surface area contributed by atoms with Crippen LogP contribution < -0.4 is 5.73 Å². The molecule has 0 saturated carbocycles. The van der Waals surface area contributed by atoms with Crippen molar-refractivity contribution in [3.05, 3.63) is 325 Å². The molecular weight excluding hydrogens is 1260 g/mol. The number of ether oxygens (including phenoxy) is 3. The Labute approximate surface area is 597 Å². The van der Waals surface area contributed by atoms with Crippen LogP contribution in [0, 0.1) is 20.2 Å². The van der Waals surface area contributed by atoms with Crippen LogP contribution in [0.5, 0.6) is 0 Å². The molecule has 9 aromatic rings. The molecule has 0 atom stereocenters. The van der Waals surface area contributed by atoms with Gasteiger partial charge in [-0.05, 0) is 107 Å². The Morgan fingerprint density at radius 1 is 0.337 bits per heavy atom. The van der Waals surface area contributed by atoms with Crippen molar-refractivity contribution in [1.82, 2.24) is 29.4 Å². The molecular formula is C84H99N9O8. The lowest BCUT2D eigenvalue weighted by molar-refractivity contribution is -0.385. The molecule has 3 heterocycles. The molecule has 528 valence electrons. The van der Waals surface area contributed by atoms with E-state index in [0.717, 1.165) is 145 Å². The molecule has 0 aliphatic carbocycles. The number of rotatable bonds is 31. The van der Waals surface area contributed by atoms with Crippen molar-refractivity contribution in [2.24, 2.45) is 0 Å². The number of carbonyl (C=O) groups is 1. The van der Waals surface area contributed by atoms with Gasteiger partial charge >= 0.3 is 0 Å². The van der Waals surface area contributed by atoms with Gasteiger partial charge in [0.25, 0.3) is 11.4 Å². The summed E-state index contributed by atoms with van der Waals surface area (Å²) in [6.45, 7) is 18.9. The number of hydrogen-bond acceptors (Lipinski definition) is 14. The average molecular weight is 1360 g/mol. The van der Waals surface area contributed by atoms with Gasteiger partial charge in [-0.15, -0.1) is 0 Å². The summed E-state index contributed by atoms with van der Waals surface area (Å²) in [5.41, 5.74) is 17.4. The summed E-state index contributed by atoms with van der Waals surface area (Å²) in [7, 11) is 0. The van der Waals surface area contributed by atoms with Gasteiger partial charge < -0.3 is 34.6 Å². The van der Waals surface area contributed by atoms with E-state index < -0.39 is 4.92 Å². The van der Waals surface area contributed by atoms with Crippen molar-refractivity contribution in [2.75, 3.05) is 137 Å². The van der Waals surface area contributed by atoms with Crippen LogP contribution in [0.2, 0.25) is 0 Å². The minimum absolute atomic E-state index is 0.00738. The van der Waals surface area contributed by atoms with Gasteiger partial charge in [0, 0.05) is 135 Å². The molecule has 1 amide bonds. The highest BCUT2D eigenvalue weighted by atomic mass is 16.6. The topological polar surface area (TPSA) is 176 Å². The number of carbonyl (C=O) groups excluding carboxylic acids is 1. The molecule has 0 radical (unpaired) electrons. The molecule has 0 spiro atoms. The number of aryl methyl sites for hydroxylation is 3. The van der Waals surface area contributed by atoms with Crippen molar-refractivity contribution in [1.29, 1.82) is 0 Å². The summed E-state index contributed by atoms with van der Waals surface area (Å²) in [6, 6.07) is 84.1. The molecule has 17 heteroatoms. The van der Waals surface area contributed by atoms with E-state index in [0.29, 0.717) is 39.1 Å². The number of nitro groups is 2. The maximum Gasteiger partial charge on any atom is 0.269 e. The molecule has 2 N–H and O–H groups in total. The van der Waals surface area contributed by atoms with Gasteiger partial charge in [0.05, 0.1) is 29.7 Å². The first-order valence-electron chi connectivity index (χ1n) is 35.9. The second-order valence-electron chi connectivity index (χ2n) is 26.1. The van der Waals surface area contributed by atoms with E-state index in [9.17, 15) is 25.0 Å². The summed E-state index contributed by atoms with van der Waals surface area (Å²) in [5.74, 6) is 0.132. The molecule has 12 rings (SSSR count). The lowest BCUT2D eigenvalue weighted by Crippen LogP contribution is -2.49. The maximum atomic E-state index is 12.6. The summed E-state index contributed by atoms with van der Waals surface area (Å²) in [6.07, 6.45) is 5.19. The fourth-order valence-electron chi connectivity index (χ4n) is 13.2. The van der Waals surface area contributed by atoms with Crippen LogP contribution in [0.1, 0.15) is 87.6 Å². The average Bonchev–Trinajstić information content (AvgIpc) is 0.928. The van der Waals surface area contributed by atoms with E-state index in [2.05, 4.69) is 170 Å². The van der Waals surface area contributed by atoms with Crippen LogP contribution in [-0.4, -0.2) is 176 Å². The van der Waals surface area contributed by atoms with Crippen LogP contribution in [-0.2, 0) is 38.3 Å². The van der Waals surface area contributed by atoms with Crippen molar-refractivity contribution >= 4 is 23.0 Å². The van der Waals surface area contributed by atoms with Gasteiger partial charge in [0.1, 0.15) is 18.3 Å². The van der Waals surface area contributed by atoms with E-state index in [1.807, 2.05) is 77.7 Å². The van der Waals surface area contributed by atoms with Crippen molar-refractivity contribution in [3.63, 3.8) is 0 Å². The number of hydrogen-bond donors (Lipinski definition) is 1. The van der Waals surface area contributed by atoms with Gasteiger partial charge in [-0.1, -0.05) is 218 Å². The highest BCUT2D eigenvalue weighted by Crippen LogP contribution is 2.29. The summed E-state index contributed by atoms with van der Waals surface area (Å²) < 4.78 is 19.1. The van der Waals surface area contributed by atoms with E-state index in [-0.39, 0.29) is 40.5 Å². The number of nitrogens with zero attached hydrogens (tertiary/aromatic N) is 8. The fraction of sp³-hybridized carbons (Fsp3) is 0.345. The lowest BCUT2D eigenvalue weighted by Gasteiger charge is -2.35. The van der Waals surface area contributed by atoms with Crippen LogP contribution in [0.3, 0.4) is 0 Å². The maximum absolute atomic E-state index is 12.6. The van der Waals surface area contributed by atoms with Crippen molar-refractivity contribution < 1.29 is 28.9 Å². The second-order valence-corrected chi connectivity index (χ2v) is 26.1. The number of nitrogens with two attached hydrogens (primary N) is 1. The van der Waals surface area contributed by atoms with Crippen LogP contribution in [0.4, 0.5) is 17.1 Å². The largest absolute Gasteiger partial charge is 0.399 e. The van der Waals surface area contributed by atoms with Crippen LogP contribution in [0.15, 0.2) is 255 Å². The molecule has 0 aromatic heterocycles. The zero-order chi connectivity index (χ0) is 70.1. The van der Waals surface area contributed by atoms with E-state index in [1.165, 1.54) is 52.9 Å². The van der Waals surface area contributed by atoms with Crippen molar-refractivity contribution in [3.8, 4) is 0 Å². The minimum atomic E-state index is -0.414. The lowest BCUT2D eigenvalue weighted by atomic mass is 10.0. The zero-order valence-corrected chi connectivity index (χ0v) is 58.3. The fourth-order valence-corrected chi connectivity index (χ4v) is 13.2. The van der Waals surface area contributed by atoms with Gasteiger partial charge in [-0.25, -0.2) is 0 Å². The molecule has 3 aliphatic heterocycles. The Kier molecular flexibility index (Phi) is 30.1. The predicted octanol–water partition coefficient (Wildman–Crippen LogP) is 14.1. The highest BCUT2D eigenvalue weighted by molar-refractivity contribution is 5.76. The third-order valence-electron chi connectivity index (χ3n) is 19.1. The Bertz CT molecular complexity index is 3670. The molecule has 101 heavy (non-hydrogen) atoms. The smallest absolute Gasteiger partial charge is 0.269 e. The van der Waals surface area contributed by atoms with Crippen molar-refractivity contribution in [2.45, 2.75) is 56.8 Å². The van der Waals surface area contributed by atoms with Gasteiger partial charge in [-0.3, -0.25) is 39.7 Å². The molecule has 9 aromatic carbocycles. The Balaban J connectivity index is 0.000000164. The highest BCUT2D eigenvalue weighted by Gasteiger charge is 2.24. The van der Waals surface area contributed by atoms with Gasteiger partial charge in [-0.2, -0.15) is 0 Å². The standard InChI is InChI=1S/C28H31N3O4.C28H33N3O3.C28H35N3O/c32-27(16-13-23-11-14-26(15-12-23)31(33)34)30-19-17-29(18-20-30)21-22-35-28(24-7-3-1-4-8-24)25-9-5-2-6-10-25;32-31(33)27-15-13-24(14-16-27)8-7-17-29-18-20-30(21-19-29)22-23-34-28(25-9-3-1-4-10-25)26-11-5-2-6-12-26;29-27-15-13-24(14-16-27)8-7-17-30-18-20-31(21-19-30)22-23-32-28(25-9-3-1-4-10-25)26-11-5-2-6-12-26/h1-12,14-15,28H,13,16-22H2;1-6,9-16,28H,7-8,17-23H2;1-6,9-16,28H,7-8,17-23,29H2. The van der Waals surface area contributed by atoms with Gasteiger partial charge in [0.2, 0.25) is 5.91 Å². The van der Waals surface area contributed by atoms with Gasteiger partial charge in [0.15, 0.2) is 0 Å². The number of anilines is 1. The third-order valence-corrected chi connectivity index (χ3v) is 19.1. The number of piperazine rings is 3. The Hall–Kier alpha value is -9.27. The normalized spacial score (nSPS) is 14.8. The first kappa shape index (κ1) is 74.4. The van der Waals surface area contributed by atoms with E-state index in [1.54, 1.807) is 24.3 Å².